The second-order valence-electron chi connectivity index (χ2n) is 4.77. The van der Waals surface area contributed by atoms with Gasteiger partial charge >= 0.3 is 12.0 Å². The third kappa shape index (κ3) is 2.52. The van der Waals surface area contributed by atoms with Crippen LogP contribution in [0.1, 0.15) is 19.8 Å². The molecule has 1 unspecified atom stereocenters. The maximum absolute atomic E-state index is 13.0. The fourth-order valence-electron chi connectivity index (χ4n) is 2.27. The molecule has 5 nitrogen and oxygen atoms in total. The first kappa shape index (κ1) is 13.3. The van der Waals surface area contributed by atoms with E-state index < -0.39 is 23.4 Å². The zero-order chi connectivity index (χ0) is 14.0. The van der Waals surface area contributed by atoms with Gasteiger partial charge in [-0.15, -0.1) is 0 Å². The predicted molar refractivity (Wildman–Crippen MR) is 67.4 cm³/mol. The van der Waals surface area contributed by atoms with Crippen molar-refractivity contribution in [1.29, 1.82) is 0 Å². The molecule has 1 aromatic carbocycles. The smallest absolute Gasteiger partial charge is 0.329 e. The molecule has 0 aromatic heterocycles. The lowest BCUT2D eigenvalue weighted by Gasteiger charge is -2.31. The van der Waals surface area contributed by atoms with Crippen LogP contribution in [0.5, 0.6) is 0 Å². The molecule has 2 N–H and O–H groups in total. The Kier molecular flexibility index (Phi) is 3.42. The molecular weight excluding hydrogens is 251 g/mol. The van der Waals surface area contributed by atoms with E-state index in [1.807, 2.05) is 0 Å². The van der Waals surface area contributed by atoms with E-state index in [1.54, 1.807) is 6.07 Å². The molecular formula is C13H15FN2O3. The molecule has 1 aliphatic heterocycles. The highest BCUT2D eigenvalue weighted by atomic mass is 19.1. The number of carboxylic acid groups (broad SMARTS) is 1. The minimum atomic E-state index is -1.20. The SMILES string of the molecule is CC1(C(=O)O)CCCN1C(=O)Nc1cccc(F)c1. The lowest BCUT2D eigenvalue weighted by Crippen LogP contribution is -2.52. The molecule has 0 saturated carbocycles. The topological polar surface area (TPSA) is 69.6 Å². The number of urea groups is 1. The van der Waals surface area contributed by atoms with E-state index >= 15 is 0 Å². The zero-order valence-corrected chi connectivity index (χ0v) is 10.5. The molecule has 1 aliphatic rings. The van der Waals surface area contributed by atoms with E-state index in [0.29, 0.717) is 25.1 Å². The maximum atomic E-state index is 13.0. The van der Waals surface area contributed by atoms with E-state index in [-0.39, 0.29) is 0 Å². The molecule has 2 rings (SSSR count). The molecule has 1 saturated heterocycles. The molecule has 2 amide bonds. The van der Waals surface area contributed by atoms with E-state index in [1.165, 1.54) is 30.0 Å². The van der Waals surface area contributed by atoms with Gasteiger partial charge in [0.05, 0.1) is 0 Å². The molecule has 1 atom stereocenters. The number of carboxylic acids is 1. The first-order valence-corrected chi connectivity index (χ1v) is 6.01. The molecule has 1 fully saturated rings. The summed E-state index contributed by atoms with van der Waals surface area (Å²) in [5.41, 5.74) is -0.887. The van der Waals surface area contributed by atoms with Gasteiger partial charge in [-0.05, 0) is 38.0 Å². The first-order valence-electron chi connectivity index (χ1n) is 6.01. The Morgan fingerprint density at radius 3 is 2.84 bits per heavy atom. The number of halogens is 1. The fourth-order valence-corrected chi connectivity index (χ4v) is 2.27. The van der Waals surface area contributed by atoms with Crippen LogP contribution in [0.2, 0.25) is 0 Å². The van der Waals surface area contributed by atoms with Crippen molar-refractivity contribution in [2.45, 2.75) is 25.3 Å². The van der Waals surface area contributed by atoms with Crippen molar-refractivity contribution in [2.75, 3.05) is 11.9 Å². The van der Waals surface area contributed by atoms with Crippen molar-refractivity contribution in [1.82, 2.24) is 4.90 Å². The average Bonchev–Trinajstić information content (AvgIpc) is 2.73. The Labute approximate surface area is 110 Å². The van der Waals surface area contributed by atoms with Gasteiger partial charge in [0.1, 0.15) is 11.4 Å². The molecule has 0 spiro atoms. The minimum Gasteiger partial charge on any atom is -0.480 e. The highest BCUT2D eigenvalue weighted by Gasteiger charge is 2.45. The Bertz CT molecular complexity index is 520. The van der Waals surface area contributed by atoms with Crippen LogP contribution in [0.25, 0.3) is 0 Å². The van der Waals surface area contributed by atoms with Gasteiger partial charge in [0.25, 0.3) is 0 Å². The third-order valence-corrected chi connectivity index (χ3v) is 3.42. The number of nitrogens with one attached hydrogen (secondary N) is 1. The Balaban J connectivity index is 2.14. The number of likely N-dealkylation sites (tertiary alicyclic amines) is 1. The summed E-state index contributed by atoms with van der Waals surface area (Å²) in [6, 6.07) is 4.97. The fraction of sp³-hybridized carbons (Fsp3) is 0.385. The molecule has 19 heavy (non-hydrogen) atoms. The number of benzene rings is 1. The van der Waals surface area contributed by atoms with E-state index in [4.69, 9.17) is 0 Å². The molecule has 0 bridgehead atoms. The summed E-state index contributed by atoms with van der Waals surface area (Å²) in [5, 5.41) is 11.7. The number of aliphatic carboxylic acids is 1. The standard InChI is InChI=1S/C13H15FN2O3/c1-13(11(17)18)6-3-7-16(13)12(19)15-10-5-2-4-9(14)8-10/h2,4-5,8H,3,6-7H2,1H3,(H,15,19)(H,17,18). The maximum Gasteiger partial charge on any atom is 0.329 e. The number of rotatable bonds is 2. The van der Waals surface area contributed by atoms with Crippen molar-refractivity contribution in [3.8, 4) is 0 Å². The highest BCUT2D eigenvalue weighted by molar-refractivity contribution is 5.94. The van der Waals surface area contributed by atoms with Crippen LogP contribution in [0.15, 0.2) is 24.3 Å². The van der Waals surface area contributed by atoms with Crippen molar-refractivity contribution < 1.29 is 19.1 Å². The average molecular weight is 266 g/mol. The van der Waals surface area contributed by atoms with Gasteiger partial charge in [0.2, 0.25) is 0 Å². The summed E-state index contributed by atoms with van der Waals surface area (Å²) < 4.78 is 13.0. The van der Waals surface area contributed by atoms with E-state index in [2.05, 4.69) is 5.32 Å². The Morgan fingerprint density at radius 1 is 1.47 bits per heavy atom. The van der Waals surface area contributed by atoms with Gasteiger partial charge < -0.3 is 15.3 Å². The minimum absolute atomic E-state index is 0.310. The highest BCUT2D eigenvalue weighted by Crippen LogP contribution is 2.29. The van der Waals surface area contributed by atoms with Crippen LogP contribution in [-0.4, -0.2) is 34.1 Å². The van der Waals surface area contributed by atoms with Crippen LogP contribution in [0.4, 0.5) is 14.9 Å². The number of carbonyl (C=O) groups excluding carboxylic acids is 1. The van der Waals surface area contributed by atoms with Crippen LogP contribution in [0.3, 0.4) is 0 Å². The monoisotopic (exact) mass is 266 g/mol. The van der Waals surface area contributed by atoms with Gasteiger partial charge in [0, 0.05) is 12.2 Å². The summed E-state index contributed by atoms with van der Waals surface area (Å²) in [7, 11) is 0. The number of hydrogen-bond donors (Lipinski definition) is 2. The van der Waals surface area contributed by atoms with Crippen molar-refractivity contribution in [3.63, 3.8) is 0 Å². The Hall–Kier alpha value is -2.11. The van der Waals surface area contributed by atoms with Crippen LogP contribution in [0, 0.1) is 5.82 Å². The quantitative estimate of drug-likeness (QED) is 0.862. The molecule has 0 aliphatic carbocycles. The lowest BCUT2D eigenvalue weighted by atomic mass is 10.00. The van der Waals surface area contributed by atoms with Crippen LogP contribution < -0.4 is 5.32 Å². The second kappa shape index (κ2) is 4.87. The zero-order valence-electron chi connectivity index (χ0n) is 10.5. The van der Waals surface area contributed by atoms with Gasteiger partial charge in [-0.2, -0.15) is 0 Å². The largest absolute Gasteiger partial charge is 0.480 e. The normalized spacial score (nSPS) is 22.3. The number of anilines is 1. The van der Waals surface area contributed by atoms with Crippen LogP contribution >= 0.6 is 0 Å². The van der Waals surface area contributed by atoms with Crippen LogP contribution in [-0.2, 0) is 4.79 Å². The molecule has 6 heteroatoms. The number of nitrogens with zero attached hydrogens (tertiary/aromatic N) is 1. The molecule has 1 heterocycles. The molecule has 1 aromatic rings. The first-order chi connectivity index (χ1) is 8.93. The Morgan fingerprint density at radius 2 is 2.21 bits per heavy atom. The number of hydrogen-bond acceptors (Lipinski definition) is 2. The second-order valence-corrected chi connectivity index (χ2v) is 4.77. The summed E-state index contributed by atoms with van der Waals surface area (Å²) >= 11 is 0. The van der Waals surface area contributed by atoms with Crippen molar-refractivity contribution in [2.24, 2.45) is 0 Å². The molecule has 0 radical (unpaired) electrons. The van der Waals surface area contributed by atoms with E-state index in [0.717, 1.165) is 0 Å². The summed E-state index contributed by atoms with van der Waals surface area (Å²) in [4.78, 5) is 24.6. The van der Waals surface area contributed by atoms with Gasteiger partial charge in [0.15, 0.2) is 0 Å². The van der Waals surface area contributed by atoms with Gasteiger partial charge in [-0.25, -0.2) is 14.0 Å². The van der Waals surface area contributed by atoms with Crippen molar-refractivity contribution >= 4 is 17.7 Å². The number of carbonyl (C=O) groups is 2. The van der Waals surface area contributed by atoms with Gasteiger partial charge in [-0.1, -0.05) is 6.07 Å². The van der Waals surface area contributed by atoms with Gasteiger partial charge in [-0.3, -0.25) is 0 Å². The third-order valence-electron chi connectivity index (χ3n) is 3.42. The van der Waals surface area contributed by atoms with Crippen molar-refractivity contribution in [3.05, 3.63) is 30.1 Å². The summed E-state index contributed by atoms with van der Waals surface area (Å²) in [6.45, 7) is 1.90. The molecule has 102 valence electrons. The number of amides is 2. The summed E-state index contributed by atoms with van der Waals surface area (Å²) in [5.74, 6) is -1.49. The summed E-state index contributed by atoms with van der Waals surface area (Å²) in [6.07, 6.45) is 1.05. The lowest BCUT2D eigenvalue weighted by molar-refractivity contribution is -0.146. The predicted octanol–water partition coefficient (Wildman–Crippen LogP) is 2.30. The van der Waals surface area contributed by atoms with E-state index in [9.17, 15) is 19.1 Å².